The van der Waals surface area contributed by atoms with Crippen molar-refractivity contribution in [3.63, 3.8) is 0 Å². The summed E-state index contributed by atoms with van der Waals surface area (Å²) < 4.78 is 5.14. The minimum absolute atomic E-state index is 0.245. The molecule has 140 valence electrons. The van der Waals surface area contributed by atoms with Gasteiger partial charge in [-0.05, 0) is 56.7 Å². The predicted octanol–water partition coefficient (Wildman–Crippen LogP) is 5.39. The first-order valence-electron chi connectivity index (χ1n) is 8.30. The van der Waals surface area contributed by atoms with Gasteiger partial charge in [-0.3, -0.25) is 0 Å². The summed E-state index contributed by atoms with van der Waals surface area (Å²) in [7, 11) is 0. The SMILES string of the molecule is CCOC(=O)c1sc2nc(C)cc(C)c2c1NC(=O)Nc1ccc(Cl)cc1. The summed E-state index contributed by atoms with van der Waals surface area (Å²) in [5.74, 6) is -0.487. The number of urea groups is 1. The zero-order valence-electron chi connectivity index (χ0n) is 15.1. The van der Waals surface area contributed by atoms with Crippen LogP contribution in [0.1, 0.15) is 27.9 Å². The number of benzene rings is 1. The lowest BCUT2D eigenvalue weighted by molar-refractivity contribution is 0.0533. The first-order chi connectivity index (χ1) is 12.9. The smallest absolute Gasteiger partial charge is 0.350 e. The fourth-order valence-corrected chi connectivity index (χ4v) is 3.98. The average Bonchev–Trinajstić information content (AvgIpc) is 2.95. The number of carbonyl (C=O) groups is 2. The molecule has 2 amide bonds. The van der Waals surface area contributed by atoms with Crippen molar-refractivity contribution in [3.8, 4) is 0 Å². The molecule has 0 radical (unpaired) electrons. The second kappa shape index (κ2) is 7.94. The molecule has 0 fully saturated rings. The Kier molecular flexibility index (Phi) is 5.62. The standard InChI is InChI=1S/C19H18ClN3O3S/c1-4-26-18(24)16-15(14-10(2)9-11(3)21-17(14)27-16)23-19(25)22-13-7-5-12(20)6-8-13/h5-9H,4H2,1-3H3,(H2,22,23,25). The number of nitrogens with zero attached hydrogens (tertiary/aromatic N) is 1. The van der Waals surface area contributed by atoms with Crippen molar-refractivity contribution in [2.45, 2.75) is 20.8 Å². The number of aryl methyl sites for hydroxylation is 2. The van der Waals surface area contributed by atoms with Crippen LogP contribution in [-0.2, 0) is 4.74 Å². The highest BCUT2D eigenvalue weighted by Gasteiger charge is 2.23. The summed E-state index contributed by atoms with van der Waals surface area (Å²) in [4.78, 5) is 30.4. The van der Waals surface area contributed by atoms with E-state index in [9.17, 15) is 9.59 Å². The van der Waals surface area contributed by atoms with Crippen LogP contribution in [-0.4, -0.2) is 23.6 Å². The van der Waals surface area contributed by atoms with Gasteiger partial charge in [0.25, 0.3) is 0 Å². The molecule has 2 N–H and O–H groups in total. The molecule has 3 rings (SSSR count). The molecule has 2 heterocycles. The van der Waals surface area contributed by atoms with Gasteiger partial charge in [-0.15, -0.1) is 11.3 Å². The first kappa shape index (κ1) is 19.1. The number of hydrogen-bond acceptors (Lipinski definition) is 5. The quantitative estimate of drug-likeness (QED) is 0.572. The van der Waals surface area contributed by atoms with Crippen molar-refractivity contribution in [2.24, 2.45) is 0 Å². The van der Waals surface area contributed by atoms with E-state index in [4.69, 9.17) is 16.3 Å². The monoisotopic (exact) mass is 403 g/mol. The second-order valence-corrected chi connectivity index (χ2v) is 7.31. The van der Waals surface area contributed by atoms with Gasteiger partial charge >= 0.3 is 12.0 Å². The number of amides is 2. The van der Waals surface area contributed by atoms with Crippen LogP contribution in [0.25, 0.3) is 10.2 Å². The van der Waals surface area contributed by atoms with E-state index in [0.717, 1.165) is 16.6 Å². The normalized spacial score (nSPS) is 10.7. The van der Waals surface area contributed by atoms with Crippen molar-refractivity contribution in [2.75, 3.05) is 17.2 Å². The van der Waals surface area contributed by atoms with E-state index < -0.39 is 12.0 Å². The number of thiophene rings is 1. The van der Waals surface area contributed by atoms with Gasteiger partial charge in [-0.2, -0.15) is 0 Å². The summed E-state index contributed by atoms with van der Waals surface area (Å²) >= 11 is 7.06. The first-order valence-corrected chi connectivity index (χ1v) is 9.50. The Bertz CT molecular complexity index is 1020. The molecule has 0 aliphatic heterocycles. The Balaban J connectivity index is 1.97. The van der Waals surface area contributed by atoms with Gasteiger partial charge in [0.1, 0.15) is 9.71 Å². The number of nitrogens with one attached hydrogen (secondary N) is 2. The third-order valence-corrected chi connectivity index (χ3v) is 5.10. The summed E-state index contributed by atoms with van der Waals surface area (Å²) in [6, 6.07) is 8.18. The van der Waals surface area contributed by atoms with Gasteiger partial charge in [-0.1, -0.05) is 11.6 Å². The fourth-order valence-electron chi connectivity index (χ4n) is 2.71. The van der Waals surface area contributed by atoms with Crippen LogP contribution in [0.2, 0.25) is 5.02 Å². The maximum Gasteiger partial charge on any atom is 0.350 e. The molecule has 6 nitrogen and oxygen atoms in total. The number of rotatable bonds is 4. The number of carbonyl (C=O) groups excluding carboxylic acids is 2. The van der Waals surface area contributed by atoms with Crippen LogP contribution in [0, 0.1) is 13.8 Å². The predicted molar refractivity (Wildman–Crippen MR) is 109 cm³/mol. The van der Waals surface area contributed by atoms with Crippen LogP contribution in [0.15, 0.2) is 30.3 Å². The van der Waals surface area contributed by atoms with E-state index in [-0.39, 0.29) is 6.61 Å². The molecule has 0 unspecified atom stereocenters. The molecule has 0 aliphatic rings. The molecule has 2 aromatic heterocycles. The lowest BCUT2D eigenvalue weighted by atomic mass is 10.1. The van der Waals surface area contributed by atoms with Crippen molar-refractivity contribution in [1.29, 1.82) is 0 Å². The van der Waals surface area contributed by atoms with Gasteiger partial charge in [0.05, 0.1) is 12.3 Å². The second-order valence-electron chi connectivity index (χ2n) is 5.87. The van der Waals surface area contributed by atoms with Gasteiger partial charge in [0.2, 0.25) is 0 Å². The molecule has 0 spiro atoms. The topological polar surface area (TPSA) is 80.3 Å². The third-order valence-electron chi connectivity index (χ3n) is 3.79. The highest BCUT2D eigenvalue weighted by atomic mass is 35.5. The minimum atomic E-state index is -0.487. The van der Waals surface area contributed by atoms with E-state index in [1.165, 1.54) is 11.3 Å². The minimum Gasteiger partial charge on any atom is -0.462 e. The lowest BCUT2D eigenvalue weighted by Crippen LogP contribution is -2.20. The van der Waals surface area contributed by atoms with Gasteiger partial charge < -0.3 is 15.4 Å². The van der Waals surface area contributed by atoms with E-state index in [1.54, 1.807) is 31.2 Å². The molecule has 0 atom stereocenters. The number of anilines is 2. The van der Waals surface area contributed by atoms with Crippen molar-refractivity contribution in [3.05, 3.63) is 51.5 Å². The summed E-state index contributed by atoms with van der Waals surface area (Å²) in [6.07, 6.45) is 0. The van der Waals surface area contributed by atoms with E-state index >= 15 is 0 Å². The highest BCUT2D eigenvalue weighted by molar-refractivity contribution is 7.21. The van der Waals surface area contributed by atoms with Crippen LogP contribution in [0.3, 0.4) is 0 Å². The molecule has 3 aromatic rings. The lowest BCUT2D eigenvalue weighted by Gasteiger charge is -2.10. The zero-order chi connectivity index (χ0) is 19.6. The Morgan fingerprint density at radius 3 is 2.56 bits per heavy atom. The number of aromatic nitrogens is 1. The largest absolute Gasteiger partial charge is 0.462 e. The van der Waals surface area contributed by atoms with E-state index in [2.05, 4.69) is 15.6 Å². The Morgan fingerprint density at radius 2 is 1.89 bits per heavy atom. The Morgan fingerprint density at radius 1 is 1.19 bits per heavy atom. The molecule has 0 bridgehead atoms. The summed E-state index contributed by atoms with van der Waals surface area (Å²) in [6.45, 7) is 5.78. The molecule has 0 aliphatic carbocycles. The molecule has 27 heavy (non-hydrogen) atoms. The van der Waals surface area contributed by atoms with E-state index in [0.29, 0.717) is 26.1 Å². The number of halogens is 1. The Hall–Kier alpha value is -2.64. The number of pyridine rings is 1. The molecule has 0 saturated heterocycles. The van der Waals surface area contributed by atoms with Crippen LogP contribution in [0.4, 0.5) is 16.2 Å². The zero-order valence-corrected chi connectivity index (χ0v) is 16.6. The van der Waals surface area contributed by atoms with Crippen LogP contribution in [0.5, 0.6) is 0 Å². The number of fused-ring (bicyclic) bond motifs is 1. The molecule has 8 heteroatoms. The van der Waals surface area contributed by atoms with Crippen LogP contribution < -0.4 is 10.6 Å². The maximum atomic E-state index is 12.5. The third kappa shape index (κ3) is 4.20. The van der Waals surface area contributed by atoms with Crippen molar-refractivity contribution in [1.82, 2.24) is 4.98 Å². The average molecular weight is 404 g/mol. The van der Waals surface area contributed by atoms with E-state index in [1.807, 2.05) is 19.9 Å². The molecule has 1 aromatic carbocycles. The highest BCUT2D eigenvalue weighted by Crippen LogP contribution is 2.37. The number of ether oxygens (including phenoxy) is 1. The molecular formula is C19H18ClN3O3S. The molecular weight excluding hydrogens is 386 g/mol. The van der Waals surface area contributed by atoms with Gasteiger partial charge in [0, 0.05) is 21.8 Å². The van der Waals surface area contributed by atoms with Crippen molar-refractivity contribution >= 4 is 56.5 Å². The summed E-state index contributed by atoms with van der Waals surface area (Å²) in [5, 5.41) is 6.82. The van der Waals surface area contributed by atoms with Gasteiger partial charge in [0.15, 0.2) is 0 Å². The maximum absolute atomic E-state index is 12.5. The van der Waals surface area contributed by atoms with Crippen molar-refractivity contribution < 1.29 is 14.3 Å². The summed E-state index contributed by atoms with van der Waals surface area (Å²) in [5.41, 5.74) is 2.75. The Labute approximate surface area is 165 Å². The number of esters is 1. The number of hydrogen-bond donors (Lipinski definition) is 2. The molecule has 0 saturated carbocycles. The van der Waals surface area contributed by atoms with Crippen LogP contribution >= 0.6 is 22.9 Å². The fraction of sp³-hybridized carbons (Fsp3) is 0.211. The van der Waals surface area contributed by atoms with Gasteiger partial charge in [-0.25, -0.2) is 14.6 Å².